The van der Waals surface area contributed by atoms with Gasteiger partial charge in [0.2, 0.25) is 5.13 Å². The van der Waals surface area contributed by atoms with Gasteiger partial charge in [0.1, 0.15) is 0 Å². The molecule has 1 N–H and O–H groups in total. The first-order valence-electron chi connectivity index (χ1n) is 4.42. The van der Waals surface area contributed by atoms with Crippen LogP contribution in [-0.4, -0.2) is 48.6 Å². The van der Waals surface area contributed by atoms with Gasteiger partial charge < -0.3 is 15.0 Å². The van der Waals surface area contributed by atoms with Crippen LogP contribution in [0.3, 0.4) is 0 Å². The van der Waals surface area contributed by atoms with Crippen LogP contribution in [0.15, 0.2) is 0 Å². The number of rotatable bonds is 6. The van der Waals surface area contributed by atoms with Gasteiger partial charge in [-0.05, 0) is 14.1 Å². The minimum Gasteiger partial charge on any atom is -0.383 e. The number of methoxy groups -OCH3 is 1. The summed E-state index contributed by atoms with van der Waals surface area (Å²) in [6, 6.07) is 0. The highest BCUT2D eigenvalue weighted by Crippen LogP contribution is 2.10. The predicted molar refractivity (Wildman–Crippen MR) is 57.7 cm³/mol. The van der Waals surface area contributed by atoms with Gasteiger partial charge in [-0.2, -0.15) is 4.37 Å². The molecule has 80 valence electrons. The summed E-state index contributed by atoms with van der Waals surface area (Å²) >= 11 is 1.39. The molecule has 14 heavy (non-hydrogen) atoms. The molecule has 1 aromatic rings. The molecule has 1 aromatic heterocycles. The first kappa shape index (κ1) is 11.4. The molecule has 0 saturated carbocycles. The average molecular weight is 216 g/mol. The van der Waals surface area contributed by atoms with E-state index in [1.54, 1.807) is 7.11 Å². The maximum absolute atomic E-state index is 4.92. The van der Waals surface area contributed by atoms with Crippen LogP contribution in [0.25, 0.3) is 0 Å². The fourth-order valence-corrected chi connectivity index (χ4v) is 1.54. The lowest BCUT2D eigenvalue weighted by Crippen LogP contribution is -2.12. The summed E-state index contributed by atoms with van der Waals surface area (Å²) in [7, 11) is 5.68. The first-order chi connectivity index (χ1) is 6.72. The van der Waals surface area contributed by atoms with Crippen molar-refractivity contribution in [1.82, 2.24) is 14.3 Å². The van der Waals surface area contributed by atoms with Gasteiger partial charge in [0, 0.05) is 25.2 Å². The van der Waals surface area contributed by atoms with Crippen LogP contribution in [0.1, 0.15) is 5.82 Å². The van der Waals surface area contributed by atoms with Gasteiger partial charge in [-0.3, -0.25) is 0 Å². The first-order valence-corrected chi connectivity index (χ1v) is 5.20. The van der Waals surface area contributed by atoms with Crippen molar-refractivity contribution in [2.45, 2.75) is 6.54 Å². The number of hydrogen-bond donors (Lipinski definition) is 1. The van der Waals surface area contributed by atoms with Crippen molar-refractivity contribution in [3.63, 3.8) is 0 Å². The molecule has 0 aromatic carbocycles. The lowest BCUT2D eigenvalue weighted by molar-refractivity contribution is 0.211. The summed E-state index contributed by atoms with van der Waals surface area (Å²) in [6.45, 7) is 2.23. The molecule has 1 heterocycles. The van der Waals surface area contributed by atoms with E-state index in [1.165, 1.54) is 11.5 Å². The summed E-state index contributed by atoms with van der Waals surface area (Å²) in [4.78, 5) is 6.36. The van der Waals surface area contributed by atoms with Gasteiger partial charge in [-0.25, -0.2) is 4.98 Å². The second kappa shape index (κ2) is 5.90. The summed E-state index contributed by atoms with van der Waals surface area (Å²) < 4.78 is 9.14. The van der Waals surface area contributed by atoms with Crippen LogP contribution in [0.4, 0.5) is 5.13 Å². The topological polar surface area (TPSA) is 50.3 Å². The van der Waals surface area contributed by atoms with E-state index in [2.05, 4.69) is 14.7 Å². The van der Waals surface area contributed by atoms with Gasteiger partial charge in [0.05, 0.1) is 13.2 Å². The van der Waals surface area contributed by atoms with E-state index in [0.717, 1.165) is 24.0 Å². The van der Waals surface area contributed by atoms with Gasteiger partial charge in [-0.1, -0.05) is 0 Å². The third-order valence-corrected chi connectivity index (χ3v) is 2.22. The molecule has 0 saturated heterocycles. The highest BCUT2D eigenvalue weighted by Gasteiger charge is 2.03. The Kier molecular flexibility index (Phi) is 4.78. The molecule has 1 rings (SSSR count). The molecule has 6 heteroatoms. The third kappa shape index (κ3) is 3.99. The fourth-order valence-electron chi connectivity index (χ4n) is 0.933. The molecular formula is C8H16N4OS. The van der Waals surface area contributed by atoms with Gasteiger partial charge in [0.15, 0.2) is 5.82 Å². The zero-order chi connectivity index (χ0) is 10.4. The van der Waals surface area contributed by atoms with Crippen molar-refractivity contribution < 1.29 is 4.74 Å². The Morgan fingerprint density at radius 3 is 2.93 bits per heavy atom. The zero-order valence-corrected chi connectivity index (χ0v) is 9.60. The largest absolute Gasteiger partial charge is 0.383 e. The van der Waals surface area contributed by atoms with Crippen molar-refractivity contribution in [2.75, 3.05) is 39.7 Å². The van der Waals surface area contributed by atoms with Crippen molar-refractivity contribution >= 4 is 16.7 Å². The van der Waals surface area contributed by atoms with Crippen LogP contribution in [0.5, 0.6) is 0 Å². The lowest BCUT2D eigenvalue weighted by Gasteiger charge is -2.04. The molecular weight excluding hydrogens is 200 g/mol. The standard InChI is InChI=1S/C8H16N4OS/c1-12(2)6-7-10-8(14-11-7)9-4-5-13-3/h4-6H2,1-3H3,(H,9,10,11). The van der Waals surface area contributed by atoms with Gasteiger partial charge in [0.25, 0.3) is 0 Å². The molecule has 0 unspecified atom stereocenters. The Morgan fingerprint density at radius 2 is 2.29 bits per heavy atom. The number of nitrogens with zero attached hydrogens (tertiary/aromatic N) is 3. The van der Waals surface area contributed by atoms with E-state index in [1.807, 2.05) is 19.0 Å². The van der Waals surface area contributed by atoms with E-state index in [4.69, 9.17) is 4.74 Å². The predicted octanol–water partition coefficient (Wildman–Crippen LogP) is 0.658. The van der Waals surface area contributed by atoms with E-state index in [9.17, 15) is 0 Å². The minimum atomic E-state index is 0.683. The second-order valence-electron chi connectivity index (χ2n) is 3.17. The lowest BCUT2D eigenvalue weighted by atomic mass is 10.6. The highest BCUT2D eigenvalue weighted by molar-refractivity contribution is 7.09. The van der Waals surface area contributed by atoms with Crippen LogP contribution >= 0.6 is 11.5 Å². The van der Waals surface area contributed by atoms with E-state index in [0.29, 0.717) is 6.61 Å². The summed E-state index contributed by atoms with van der Waals surface area (Å²) in [5.74, 6) is 0.861. The Labute approximate surface area is 88.3 Å². The zero-order valence-electron chi connectivity index (χ0n) is 8.78. The molecule has 0 fully saturated rings. The second-order valence-corrected chi connectivity index (χ2v) is 3.92. The molecule has 0 radical (unpaired) electrons. The molecule has 0 aliphatic carbocycles. The number of aromatic nitrogens is 2. The SMILES string of the molecule is COCCNc1nc(CN(C)C)ns1. The van der Waals surface area contributed by atoms with Crippen LogP contribution in [0.2, 0.25) is 0 Å². The monoisotopic (exact) mass is 216 g/mol. The van der Waals surface area contributed by atoms with Gasteiger partial charge >= 0.3 is 0 Å². The fraction of sp³-hybridized carbons (Fsp3) is 0.750. The van der Waals surface area contributed by atoms with E-state index in [-0.39, 0.29) is 0 Å². The highest BCUT2D eigenvalue weighted by atomic mass is 32.1. The molecule has 0 bridgehead atoms. The Hall–Kier alpha value is -0.720. The maximum Gasteiger partial charge on any atom is 0.202 e. The Bertz CT molecular complexity index is 264. The molecule has 0 spiro atoms. The minimum absolute atomic E-state index is 0.683. The summed E-state index contributed by atoms with van der Waals surface area (Å²) in [6.07, 6.45) is 0. The number of anilines is 1. The average Bonchev–Trinajstić information content (AvgIpc) is 2.52. The molecule has 0 atom stereocenters. The van der Waals surface area contributed by atoms with Crippen molar-refractivity contribution in [2.24, 2.45) is 0 Å². The summed E-state index contributed by atoms with van der Waals surface area (Å²) in [5, 5.41) is 4.00. The van der Waals surface area contributed by atoms with Crippen molar-refractivity contribution in [3.05, 3.63) is 5.82 Å². The maximum atomic E-state index is 4.92. The van der Waals surface area contributed by atoms with Crippen LogP contribution < -0.4 is 5.32 Å². The molecule has 0 aliphatic rings. The Balaban J connectivity index is 2.35. The van der Waals surface area contributed by atoms with Crippen molar-refractivity contribution in [1.29, 1.82) is 0 Å². The third-order valence-electron chi connectivity index (χ3n) is 1.51. The van der Waals surface area contributed by atoms with Crippen LogP contribution in [0, 0.1) is 0 Å². The van der Waals surface area contributed by atoms with Crippen molar-refractivity contribution in [3.8, 4) is 0 Å². The molecule has 0 amide bonds. The summed E-state index contributed by atoms with van der Waals surface area (Å²) in [5.41, 5.74) is 0. The smallest absolute Gasteiger partial charge is 0.202 e. The number of hydrogen-bond acceptors (Lipinski definition) is 6. The van der Waals surface area contributed by atoms with E-state index >= 15 is 0 Å². The quantitative estimate of drug-likeness (QED) is 0.708. The van der Waals surface area contributed by atoms with Gasteiger partial charge in [-0.15, -0.1) is 0 Å². The number of nitrogens with one attached hydrogen (secondary N) is 1. The Morgan fingerprint density at radius 1 is 1.50 bits per heavy atom. The van der Waals surface area contributed by atoms with Crippen LogP contribution in [-0.2, 0) is 11.3 Å². The number of ether oxygens (including phenoxy) is 1. The molecule has 0 aliphatic heterocycles. The normalized spacial score (nSPS) is 10.9. The van der Waals surface area contributed by atoms with E-state index < -0.39 is 0 Å². The molecule has 5 nitrogen and oxygen atoms in total.